The Balaban J connectivity index is 1.46. The van der Waals surface area contributed by atoms with E-state index in [0.717, 1.165) is 44.1 Å². The maximum Gasteiger partial charge on any atom is 0.334 e. The molecule has 0 amide bonds. The van der Waals surface area contributed by atoms with Crippen LogP contribution < -0.4 is 0 Å². The Morgan fingerprint density at radius 3 is 2.62 bits per heavy atom. The van der Waals surface area contributed by atoms with E-state index in [1.165, 1.54) is 5.57 Å². The van der Waals surface area contributed by atoms with E-state index < -0.39 is 37.3 Å². The lowest BCUT2D eigenvalue weighted by Gasteiger charge is -2.59. The van der Waals surface area contributed by atoms with Crippen LogP contribution in [0, 0.1) is 22.7 Å². The fraction of sp³-hybridized carbons (Fsp3) is 0.808. The quantitative estimate of drug-likeness (QED) is 0.321. The number of aliphatic hydroxyl groups is 4. The number of carbonyl (C=O) groups excluding carboxylic acids is 1. The highest BCUT2D eigenvalue weighted by Crippen LogP contribution is 2.62. The van der Waals surface area contributed by atoms with Gasteiger partial charge in [0.1, 0.15) is 31.0 Å². The Labute approximate surface area is 201 Å². The first kappa shape index (κ1) is 25.8. The smallest absolute Gasteiger partial charge is 0.334 e. The molecule has 192 valence electrons. The molecule has 2 saturated carbocycles. The summed E-state index contributed by atoms with van der Waals surface area (Å²) in [4.78, 5) is 11.9. The molecule has 4 aliphatic rings. The van der Waals surface area contributed by atoms with Crippen molar-refractivity contribution in [2.75, 3.05) is 19.8 Å². The van der Waals surface area contributed by atoms with Crippen LogP contribution in [-0.4, -0.2) is 76.9 Å². The summed E-state index contributed by atoms with van der Waals surface area (Å²) in [5, 5.41) is 40.0. The highest BCUT2D eigenvalue weighted by atomic mass is 16.7. The molecule has 8 heteroatoms. The number of fused-ring (bicyclic) bond motifs is 1. The molecular weight excluding hydrogens is 440 g/mol. The fourth-order valence-electron chi connectivity index (χ4n) is 7.17. The predicted octanol–water partition coefficient (Wildman–Crippen LogP) is 1.85. The van der Waals surface area contributed by atoms with E-state index in [4.69, 9.17) is 14.2 Å². The van der Waals surface area contributed by atoms with Crippen molar-refractivity contribution in [3.63, 3.8) is 0 Å². The third kappa shape index (κ3) is 4.61. The molecule has 1 saturated heterocycles. The maximum absolute atomic E-state index is 11.9. The van der Waals surface area contributed by atoms with Crippen molar-refractivity contribution >= 4 is 5.97 Å². The summed E-state index contributed by atoms with van der Waals surface area (Å²) in [7, 11) is 0. The molecule has 0 unspecified atom stereocenters. The van der Waals surface area contributed by atoms with Gasteiger partial charge in [0.2, 0.25) is 0 Å². The number of cyclic esters (lactones) is 1. The van der Waals surface area contributed by atoms with Gasteiger partial charge in [-0.25, -0.2) is 4.79 Å². The van der Waals surface area contributed by atoms with Crippen LogP contribution in [0.1, 0.15) is 58.8 Å². The second-order valence-electron chi connectivity index (χ2n) is 11.2. The summed E-state index contributed by atoms with van der Waals surface area (Å²) in [6.07, 6.45) is 2.15. The van der Waals surface area contributed by atoms with Gasteiger partial charge in [-0.3, -0.25) is 0 Å². The monoisotopic (exact) mass is 480 g/mol. The third-order valence-corrected chi connectivity index (χ3v) is 9.08. The molecule has 0 radical (unpaired) electrons. The maximum atomic E-state index is 11.9. The lowest BCUT2D eigenvalue weighted by molar-refractivity contribution is -0.309. The van der Waals surface area contributed by atoms with Crippen LogP contribution in [-0.2, 0) is 19.0 Å². The Hall–Kier alpha value is -1.29. The summed E-state index contributed by atoms with van der Waals surface area (Å²) in [6, 6.07) is 0. The third-order valence-electron chi connectivity index (χ3n) is 9.08. The van der Waals surface area contributed by atoms with Crippen molar-refractivity contribution in [3.8, 4) is 0 Å². The van der Waals surface area contributed by atoms with Crippen LogP contribution in [0.15, 0.2) is 23.8 Å². The minimum absolute atomic E-state index is 0.0180. The SMILES string of the molecule is C=C1CC[C@@H]2[C@@](C)(CO[C@H]3O[C@H](CO)[C@H](O)[C@@H](O)[C@H]3O)CCC[C@@]2(C)[C@@H]1CCC1=CCOC1=O. The molecule has 9 atom stereocenters. The number of ether oxygens (including phenoxy) is 3. The van der Waals surface area contributed by atoms with Crippen molar-refractivity contribution in [3.05, 3.63) is 23.8 Å². The fourth-order valence-corrected chi connectivity index (χ4v) is 7.17. The highest BCUT2D eigenvalue weighted by Gasteiger charge is 2.55. The first-order chi connectivity index (χ1) is 16.1. The Morgan fingerprint density at radius 2 is 1.94 bits per heavy atom. The van der Waals surface area contributed by atoms with Gasteiger partial charge in [0, 0.05) is 5.57 Å². The number of allylic oxidation sites excluding steroid dienone is 1. The number of aliphatic hydroxyl groups excluding tert-OH is 4. The summed E-state index contributed by atoms with van der Waals surface area (Å²) < 4.78 is 16.7. The summed E-state index contributed by atoms with van der Waals surface area (Å²) >= 11 is 0. The van der Waals surface area contributed by atoms with Gasteiger partial charge in [0.05, 0.1) is 13.2 Å². The minimum atomic E-state index is -1.45. The Bertz CT molecular complexity index is 809. The van der Waals surface area contributed by atoms with Gasteiger partial charge in [-0.1, -0.05) is 32.4 Å². The highest BCUT2D eigenvalue weighted by molar-refractivity contribution is 5.90. The summed E-state index contributed by atoms with van der Waals surface area (Å²) in [5.41, 5.74) is 1.87. The van der Waals surface area contributed by atoms with Crippen molar-refractivity contribution in [1.82, 2.24) is 0 Å². The number of rotatable bonds is 7. The van der Waals surface area contributed by atoms with Gasteiger partial charge in [0.15, 0.2) is 6.29 Å². The van der Waals surface area contributed by atoms with E-state index in [9.17, 15) is 25.2 Å². The zero-order valence-corrected chi connectivity index (χ0v) is 20.3. The van der Waals surface area contributed by atoms with Crippen LogP contribution >= 0.6 is 0 Å². The van der Waals surface area contributed by atoms with Crippen molar-refractivity contribution in [1.29, 1.82) is 0 Å². The van der Waals surface area contributed by atoms with E-state index in [0.29, 0.717) is 31.5 Å². The molecular formula is C26H40O8. The average molecular weight is 481 g/mol. The molecule has 0 aromatic heterocycles. The van der Waals surface area contributed by atoms with Gasteiger partial charge in [-0.15, -0.1) is 0 Å². The average Bonchev–Trinajstić information content (AvgIpc) is 3.21. The van der Waals surface area contributed by atoms with Gasteiger partial charge >= 0.3 is 5.97 Å². The van der Waals surface area contributed by atoms with E-state index >= 15 is 0 Å². The number of hydrogen-bond acceptors (Lipinski definition) is 8. The van der Waals surface area contributed by atoms with Crippen molar-refractivity contribution in [2.24, 2.45) is 22.7 Å². The van der Waals surface area contributed by atoms with E-state index in [2.05, 4.69) is 20.4 Å². The molecule has 0 aromatic rings. The first-order valence-corrected chi connectivity index (χ1v) is 12.6. The van der Waals surface area contributed by atoms with Crippen LogP contribution in [0.2, 0.25) is 0 Å². The molecule has 2 aliphatic heterocycles. The lowest BCUT2D eigenvalue weighted by Crippen LogP contribution is -2.60. The normalized spacial score (nSPS) is 45.0. The predicted molar refractivity (Wildman–Crippen MR) is 123 cm³/mol. The van der Waals surface area contributed by atoms with E-state index in [1.54, 1.807) is 0 Å². The second kappa shape index (κ2) is 9.99. The molecule has 0 bridgehead atoms. The Kier molecular flexibility index (Phi) is 7.58. The van der Waals surface area contributed by atoms with Crippen LogP contribution in [0.3, 0.4) is 0 Å². The standard InChI is InChI=1S/C26H40O8/c1-15-5-8-19-25(2,14-33-24-22(30)21(29)20(28)18(13-27)34-24)10-4-11-26(19,3)17(15)7-6-16-9-12-32-23(16)31/h9,17-22,24,27-30H,1,4-8,10-14H2,2-3H3/t17-,18-,19-,20+,21-,22-,24+,25-,26+/m1/s1. The van der Waals surface area contributed by atoms with Crippen LogP contribution in [0.5, 0.6) is 0 Å². The summed E-state index contributed by atoms with van der Waals surface area (Å²) in [6.45, 7) is 9.21. The first-order valence-electron chi connectivity index (χ1n) is 12.6. The van der Waals surface area contributed by atoms with E-state index in [1.807, 2.05) is 6.08 Å². The molecule has 2 heterocycles. The second-order valence-corrected chi connectivity index (χ2v) is 11.2. The molecule has 4 rings (SSSR count). The zero-order valence-electron chi connectivity index (χ0n) is 20.3. The van der Waals surface area contributed by atoms with E-state index in [-0.39, 0.29) is 16.8 Å². The summed E-state index contributed by atoms with van der Waals surface area (Å²) in [5.74, 6) is 0.454. The molecule has 4 N–H and O–H groups in total. The minimum Gasteiger partial charge on any atom is -0.458 e. The number of hydrogen-bond donors (Lipinski definition) is 4. The van der Waals surface area contributed by atoms with Crippen molar-refractivity contribution < 1.29 is 39.4 Å². The van der Waals surface area contributed by atoms with Gasteiger partial charge in [0.25, 0.3) is 0 Å². The molecule has 34 heavy (non-hydrogen) atoms. The van der Waals surface area contributed by atoms with Crippen LogP contribution in [0.4, 0.5) is 0 Å². The zero-order chi connectivity index (χ0) is 24.7. The number of carbonyl (C=O) groups is 1. The van der Waals surface area contributed by atoms with Crippen molar-refractivity contribution in [2.45, 2.75) is 89.5 Å². The molecule has 8 nitrogen and oxygen atoms in total. The van der Waals surface area contributed by atoms with Gasteiger partial charge in [-0.05, 0) is 67.3 Å². The lowest BCUT2D eigenvalue weighted by atomic mass is 9.47. The largest absolute Gasteiger partial charge is 0.458 e. The molecule has 0 spiro atoms. The molecule has 2 aliphatic carbocycles. The Morgan fingerprint density at radius 1 is 1.18 bits per heavy atom. The topological polar surface area (TPSA) is 126 Å². The van der Waals surface area contributed by atoms with Crippen LogP contribution in [0.25, 0.3) is 0 Å². The molecule has 3 fully saturated rings. The van der Waals surface area contributed by atoms with Gasteiger partial charge < -0.3 is 34.6 Å². The van der Waals surface area contributed by atoms with Gasteiger partial charge in [-0.2, -0.15) is 0 Å². The number of esters is 1. The molecule has 0 aromatic carbocycles.